The minimum Gasteiger partial charge on any atom is -0.299 e. The van der Waals surface area contributed by atoms with Crippen LogP contribution in [0.5, 0.6) is 0 Å². The molecule has 0 aromatic carbocycles. The van der Waals surface area contributed by atoms with Crippen molar-refractivity contribution in [3.8, 4) is 0 Å². The van der Waals surface area contributed by atoms with Crippen LogP contribution in [0.15, 0.2) is 0 Å². The summed E-state index contributed by atoms with van der Waals surface area (Å²) in [6, 6.07) is 0. The molecule has 0 saturated carbocycles. The molecule has 2 atom stereocenters. The van der Waals surface area contributed by atoms with E-state index in [1.807, 2.05) is 6.92 Å². The standard InChI is InChI=1S/C7H14O2P/c1-4-5-10(9)7(3)6(2)8/h7H,4-5H2,1-3H3. The minimum atomic E-state index is -1.28. The third kappa shape index (κ3) is 3.07. The van der Waals surface area contributed by atoms with E-state index in [9.17, 15) is 9.36 Å². The number of hydrogen-bond acceptors (Lipinski definition) is 2. The van der Waals surface area contributed by atoms with Gasteiger partial charge in [0.25, 0.3) is 0 Å². The first-order valence-corrected chi connectivity index (χ1v) is 5.05. The van der Waals surface area contributed by atoms with E-state index in [1.165, 1.54) is 6.92 Å². The van der Waals surface area contributed by atoms with Crippen LogP contribution in [-0.2, 0) is 9.36 Å². The quantitative estimate of drug-likeness (QED) is 0.592. The maximum atomic E-state index is 11.1. The van der Waals surface area contributed by atoms with Crippen LogP contribution in [0.4, 0.5) is 0 Å². The molecule has 2 nitrogen and oxygen atoms in total. The number of hydrogen-bond donors (Lipinski definition) is 0. The van der Waals surface area contributed by atoms with Gasteiger partial charge in [-0.05, 0) is 20.3 Å². The molecule has 10 heavy (non-hydrogen) atoms. The van der Waals surface area contributed by atoms with Gasteiger partial charge in [0, 0.05) is 6.16 Å². The molecule has 0 fully saturated rings. The van der Waals surface area contributed by atoms with E-state index >= 15 is 0 Å². The van der Waals surface area contributed by atoms with Gasteiger partial charge in [-0.25, -0.2) is 0 Å². The van der Waals surface area contributed by atoms with Gasteiger partial charge in [0.15, 0.2) is 0 Å². The van der Waals surface area contributed by atoms with E-state index in [0.29, 0.717) is 6.16 Å². The summed E-state index contributed by atoms with van der Waals surface area (Å²) in [6.07, 6.45) is 1.57. The normalized spacial score (nSPS) is 14.5. The van der Waals surface area contributed by atoms with E-state index in [1.54, 1.807) is 6.92 Å². The van der Waals surface area contributed by atoms with Crippen LogP contribution < -0.4 is 0 Å². The fraction of sp³-hybridized carbons (Fsp3) is 0.857. The molecule has 0 rings (SSSR count). The van der Waals surface area contributed by atoms with Gasteiger partial charge in [-0.1, -0.05) is 6.92 Å². The van der Waals surface area contributed by atoms with E-state index in [2.05, 4.69) is 0 Å². The second kappa shape index (κ2) is 4.56. The summed E-state index contributed by atoms with van der Waals surface area (Å²) < 4.78 is 11.1. The van der Waals surface area contributed by atoms with Crippen molar-refractivity contribution in [3.05, 3.63) is 0 Å². The Morgan fingerprint density at radius 2 is 2.10 bits per heavy atom. The second-order valence-electron chi connectivity index (χ2n) is 2.43. The van der Waals surface area contributed by atoms with Crippen molar-refractivity contribution >= 4 is 13.6 Å². The molecular weight excluding hydrogens is 147 g/mol. The molecule has 0 aliphatic rings. The Morgan fingerprint density at radius 3 is 2.40 bits per heavy atom. The molecule has 59 valence electrons. The van der Waals surface area contributed by atoms with E-state index in [-0.39, 0.29) is 11.4 Å². The maximum Gasteiger partial charge on any atom is 0.143 e. The number of ketones is 1. The molecule has 0 aliphatic carbocycles. The van der Waals surface area contributed by atoms with Crippen LogP contribution in [0.25, 0.3) is 0 Å². The summed E-state index contributed by atoms with van der Waals surface area (Å²) in [5, 5.41) is 0. The van der Waals surface area contributed by atoms with Gasteiger partial charge in [-0.15, -0.1) is 0 Å². The smallest absolute Gasteiger partial charge is 0.143 e. The monoisotopic (exact) mass is 161 g/mol. The highest BCUT2D eigenvalue weighted by molar-refractivity contribution is 7.46. The number of Topliss-reactive ketones (excluding diaryl/α,β-unsaturated/α-hetero) is 1. The highest BCUT2D eigenvalue weighted by Gasteiger charge is 2.14. The van der Waals surface area contributed by atoms with Crippen molar-refractivity contribution in [1.82, 2.24) is 0 Å². The van der Waals surface area contributed by atoms with Crippen molar-refractivity contribution in [2.45, 2.75) is 32.9 Å². The Hall–Kier alpha value is -0.230. The Kier molecular flexibility index (Phi) is 4.46. The zero-order valence-electron chi connectivity index (χ0n) is 6.76. The molecule has 0 amide bonds. The average Bonchev–Trinajstić information content (AvgIpc) is 1.87. The number of carbonyl (C=O) groups excluding carboxylic acids is 1. The summed E-state index contributed by atoms with van der Waals surface area (Å²) in [7, 11) is -1.28. The lowest BCUT2D eigenvalue weighted by atomic mass is 10.3. The first kappa shape index (κ1) is 9.77. The van der Waals surface area contributed by atoms with Gasteiger partial charge in [0.2, 0.25) is 0 Å². The molecule has 2 unspecified atom stereocenters. The SMILES string of the molecule is CCC[P](=O)C(C)C(C)=O. The summed E-state index contributed by atoms with van der Waals surface area (Å²) in [6.45, 7) is 5.20. The summed E-state index contributed by atoms with van der Waals surface area (Å²) in [5.41, 5.74) is -0.241. The topological polar surface area (TPSA) is 34.1 Å². The first-order chi connectivity index (χ1) is 4.59. The Bertz CT molecular complexity index is 143. The zero-order valence-corrected chi connectivity index (χ0v) is 7.65. The lowest BCUT2D eigenvalue weighted by Gasteiger charge is -2.03. The van der Waals surface area contributed by atoms with Crippen molar-refractivity contribution < 1.29 is 9.36 Å². The van der Waals surface area contributed by atoms with E-state index in [4.69, 9.17) is 0 Å². The Balaban J connectivity index is 3.82. The molecule has 0 bridgehead atoms. The van der Waals surface area contributed by atoms with Gasteiger partial charge in [-0.2, -0.15) is 0 Å². The molecule has 0 N–H and O–H groups in total. The molecule has 0 spiro atoms. The largest absolute Gasteiger partial charge is 0.299 e. The van der Waals surface area contributed by atoms with Crippen LogP contribution in [0.1, 0.15) is 27.2 Å². The Labute approximate surface area is 62.8 Å². The molecule has 0 aromatic rings. The fourth-order valence-corrected chi connectivity index (χ4v) is 1.85. The molecule has 1 radical (unpaired) electrons. The lowest BCUT2D eigenvalue weighted by Crippen LogP contribution is -2.08. The van der Waals surface area contributed by atoms with E-state index < -0.39 is 7.80 Å². The molecule has 0 aromatic heterocycles. The maximum absolute atomic E-state index is 11.1. The summed E-state index contributed by atoms with van der Waals surface area (Å²) in [5.74, 6) is 0.0366. The second-order valence-corrected chi connectivity index (χ2v) is 4.48. The van der Waals surface area contributed by atoms with Gasteiger partial charge >= 0.3 is 0 Å². The van der Waals surface area contributed by atoms with Crippen LogP contribution in [0.2, 0.25) is 0 Å². The lowest BCUT2D eigenvalue weighted by molar-refractivity contribution is -0.116. The van der Waals surface area contributed by atoms with Gasteiger partial charge in [0.05, 0.1) is 13.5 Å². The highest BCUT2D eigenvalue weighted by atomic mass is 31.1. The van der Waals surface area contributed by atoms with Crippen molar-refractivity contribution in [3.63, 3.8) is 0 Å². The molecule has 0 heterocycles. The third-order valence-corrected chi connectivity index (χ3v) is 3.58. The predicted molar refractivity (Wildman–Crippen MR) is 42.9 cm³/mol. The molecule has 3 heteroatoms. The summed E-state index contributed by atoms with van der Waals surface area (Å²) in [4.78, 5) is 10.7. The fourth-order valence-electron chi connectivity index (χ4n) is 0.617. The minimum absolute atomic E-state index is 0.0366. The first-order valence-electron chi connectivity index (χ1n) is 3.53. The van der Waals surface area contributed by atoms with Crippen LogP contribution in [-0.4, -0.2) is 17.6 Å². The van der Waals surface area contributed by atoms with Crippen molar-refractivity contribution in [1.29, 1.82) is 0 Å². The average molecular weight is 161 g/mol. The molecular formula is C7H14O2P. The Morgan fingerprint density at radius 1 is 1.60 bits per heavy atom. The van der Waals surface area contributed by atoms with Gasteiger partial charge < -0.3 is 0 Å². The number of carbonyl (C=O) groups is 1. The molecule has 0 saturated heterocycles. The predicted octanol–water partition coefficient (Wildman–Crippen LogP) is 2.20. The van der Waals surface area contributed by atoms with Crippen LogP contribution in [0.3, 0.4) is 0 Å². The number of rotatable bonds is 4. The van der Waals surface area contributed by atoms with Crippen LogP contribution in [0, 0.1) is 0 Å². The van der Waals surface area contributed by atoms with Crippen molar-refractivity contribution in [2.24, 2.45) is 0 Å². The van der Waals surface area contributed by atoms with Gasteiger partial charge in [-0.3, -0.25) is 9.36 Å². The van der Waals surface area contributed by atoms with E-state index in [0.717, 1.165) is 6.42 Å². The zero-order chi connectivity index (χ0) is 8.15. The third-order valence-electron chi connectivity index (χ3n) is 1.46. The van der Waals surface area contributed by atoms with Crippen molar-refractivity contribution in [2.75, 3.05) is 6.16 Å². The molecule has 0 aliphatic heterocycles. The van der Waals surface area contributed by atoms with Gasteiger partial charge in [0.1, 0.15) is 5.78 Å². The summed E-state index contributed by atoms with van der Waals surface area (Å²) >= 11 is 0. The van der Waals surface area contributed by atoms with Crippen LogP contribution >= 0.6 is 7.80 Å². The highest BCUT2D eigenvalue weighted by Crippen LogP contribution is 2.28.